The predicted octanol–water partition coefficient (Wildman–Crippen LogP) is 3.29. The van der Waals surface area contributed by atoms with Crippen molar-refractivity contribution in [3.8, 4) is 0 Å². The van der Waals surface area contributed by atoms with Gasteiger partial charge in [-0.15, -0.1) is 0 Å². The summed E-state index contributed by atoms with van der Waals surface area (Å²) >= 11 is 0. The zero-order valence-electron chi connectivity index (χ0n) is 18.6. The largest absolute Gasteiger partial charge is 0.352 e. The molecule has 2 aliphatic rings. The van der Waals surface area contributed by atoms with Crippen molar-refractivity contribution in [3.63, 3.8) is 0 Å². The zero-order chi connectivity index (χ0) is 22.4. The Labute approximate surface area is 186 Å². The van der Waals surface area contributed by atoms with E-state index in [-0.39, 0.29) is 17.9 Å². The number of halogens is 1. The van der Waals surface area contributed by atoms with Gasteiger partial charge in [-0.25, -0.2) is 12.8 Å². The molecular formula is C23H36FN3O3S. The highest BCUT2D eigenvalue weighted by Gasteiger charge is 2.32. The lowest BCUT2D eigenvalue weighted by Gasteiger charge is -2.36. The topological polar surface area (TPSA) is 78.5 Å². The lowest BCUT2D eigenvalue weighted by atomic mass is 9.88. The summed E-state index contributed by atoms with van der Waals surface area (Å²) in [5.41, 5.74) is 0. The normalized spacial score (nSPS) is 20.6. The third kappa shape index (κ3) is 6.73. The van der Waals surface area contributed by atoms with Gasteiger partial charge in [-0.05, 0) is 49.7 Å². The molecule has 0 aromatic heterocycles. The van der Waals surface area contributed by atoms with E-state index in [1.54, 1.807) is 13.8 Å². The van der Waals surface area contributed by atoms with Crippen molar-refractivity contribution in [2.24, 2.45) is 11.8 Å². The van der Waals surface area contributed by atoms with Crippen LogP contribution in [0.2, 0.25) is 0 Å². The Morgan fingerprint density at radius 3 is 2.35 bits per heavy atom. The van der Waals surface area contributed by atoms with E-state index in [1.165, 1.54) is 50.3 Å². The maximum absolute atomic E-state index is 14.0. The lowest BCUT2D eigenvalue weighted by molar-refractivity contribution is -0.124. The molecule has 8 heteroatoms. The number of nitrogens with one attached hydrogen (secondary N) is 2. The van der Waals surface area contributed by atoms with E-state index in [1.807, 2.05) is 0 Å². The molecule has 1 atom stereocenters. The van der Waals surface area contributed by atoms with Crippen molar-refractivity contribution >= 4 is 15.9 Å². The van der Waals surface area contributed by atoms with E-state index in [9.17, 15) is 17.6 Å². The summed E-state index contributed by atoms with van der Waals surface area (Å²) < 4.78 is 41.7. The molecule has 2 fully saturated rings. The Hall–Kier alpha value is -1.51. The standard InChI is InChI=1S/C23H36FN3O3S/c1-17(2)22(26-31(29,30)21-11-7-6-10-20(21)24)23(28)25-19-12-14-27(15-13-19)16-18-8-4-3-5-9-18/h6-7,10-11,17-19,22,26H,3-5,8-9,12-16H2,1-2H3,(H,25,28)/t22-/m0/s1. The van der Waals surface area contributed by atoms with Crippen molar-refractivity contribution in [1.82, 2.24) is 14.9 Å². The van der Waals surface area contributed by atoms with E-state index in [4.69, 9.17) is 0 Å². The first-order valence-electron chi connectivity index (χ1n) is 11.6. The van der Waals surface area contributed by atoms with Crippen molar-refractivity contribution in [1.29, 1.82) is 0 Å². The van der Waals surface area contributed by atoms with Gasteiger partial charge in [0, 0.05) is 25.7 Å². The molecule has 0 unspecified atom stereocenters. The number of piperidine rings is 1. The number of likely N-dealkylation sites (tertiary alicyclic amines) is 1. The molecule has 1 aromatic carbocycles. The molecule has 6 nitrogen and oxygen atoms in total. The molecule has 1 saturated carbocycles. The van der Waals surface area contributed by atoms with Crippen LogP contribution in [0.4, 0.5) is 4.39 Å². The van der Waals surface area contributed by atoms with E-state index < -0.39 is 26.8 Å². The van der Waals surface area contributed by atoms with E-state index in [2.05, 4.69) is 14.9 Å². The second-order valence-corrected chi connectivity index (χ2v) is 11.0. The number of amides is 1. The number of benzene rings is 1. The fourth-order valence-corrected chi connectivity index (χ4v) is 6.09. The first kappa shape index (κ1) is 24.1. The summed E-state index contributed by atoms with van der Waals surface area (Å²) in [5.74, 6) is -0.644. The molecule has 174 valence electrons. The van der Waals surface area contributed by atoms with Gasteiger partial charge in [0.05, 0.1) is 0 Å². The van der Waals surface area contributed by atoms with Gasteiger partial charge < -0.3 is 10.2 Å². The van der Waals surface area contributed by atoms with Crippen LogP contribution in [0.25, 0.3) is 0 Å². The van der Waals surface area contributed by atoms with Crippen LogP contribution in [0.3, 0.4) is 0 Å². The Morgan fingerprint density at radius 2 is 1.74 bits per heavy atom. The number of rotatable bonds is 8. The SMILES string of the molecule is CC(C)[C@H](NS(=O)(=O)c1ccccc1F)C(=O)NC1CCN(CC2CCCCC2)CC1. The quantitative estimate of drug-likeness (QED) is 0.633. The van der Waals surface area contributed by atoms with Gasteiger partial charge in [0.15, 0.2) is 0 Å². The molecule has 1 aliphatic heterocycles. The minimum atomic E-state index is -4.14. The van der Waals surface area contributed by atoms with Gasteiger partial charge in [0.25, 0.3) is 0 Å². The van der Waals surface area contributed by atoms with Gasteiger partial charge in [-0.3, -0.25) is 4.79 Å². The molecule has 31 heavy (non-hydrogen) atoms. The minimum absolute atomic E-state index is 0.0364. The molecule has 1 heterocycles. The van der Waals surface area contributed by atoms with Crippen LogP contribution in [0.15, 0.2) is 29.2 Å². The average molecular weight is 454 g/mol. The van der Waals surface area contributed by atoms with Crippen molar-refractivity contribution in [3.05, 3.63) is 30.1 Å². The lowest BCUT2D eigenvalue weighted by Crippen LogP contribution is -2.54. The van der Waals surface area contributed by atoms with Crippen LogP contribution >= 0.6 is 0 Å². The van der Waals surface area contributed by atoms with Crippen LogP contribution in [0, 0.1) is 17.7 Å². The molecule has 1 saturated heterocycles. The minimum Gasteiger partial charge on any atom is -0.352 e. The second kappa shape index (κ2) is 10.9. The first-order chi connectivity index (χ1) is 14.8. The monoisotopic (exact) mass is 453 g/mol. The second-order valence-electron chi connectivity index (χ2n) is 9.36. The van der Waals surface area contributed by atoms with Crippen LogP contribution in [-0.4, -0.2) is 50.9 Å². The number of hydrogen-bond acceptors (Lipinski definition) is 4. The number of nitrogens with zero attached hydrogens (tertiary/aromatic N) is 1. The molecule has 2 N–H and O–H groups in total. The number of carbonyl (C=O) groups excluding carboxylic acids is 1. The Balaban J connectivity index is 1.53. The van der Waals surface area contributed by atoms with Crippen LogP contribution in [-0.2, 0) is 14.8 Å². The Kier molecular flexibility index (Phi) is 8.47. The molecule has 0 spiro atoms. The molecule has 0 bridgehead atoms. The summed E-state index contributed by atoms with van der Waals surface area (Å²) in [7, 11) is -4.14. The van der Waals surface area contributed by atoms with Gasteiger partial charge in [-0.2, -0.15) is 4.72 Å². The van der Waals surface area contributed by atoms with Gasteiger partial charge in [0.2, 0.25) is 15.9 Å². The first-order valence-corrected chi connectivity index (χ1v) is 13.0. The summed E-state index contributed by atoms with van der Waals surface area (Å²) in [4.78, 5) is 15.0. The highest BCUT2D eigenvalue weighted by atomic mass is 32.2. The van der Waals surface area contributed by atoms with E-state index >= 15 is 0 Å². The van der Waals surface area contributed by atoms with Crippen molar-refractivity contribution in [2.45, 2.75) is 75.8 Å². The van der Waals surface area contributed by atoms with Crippen LogP contribution in [0.1, 0.15) is 58.8 Å². The average Bonchev–Trinajstić information content (AvgIpc) is 2.74. The third-order valence-electron chi connectivity index (χ3n) is 6.53. The highest BCUT2D eigenvalue weighted by molar-refractivity contribution is 7.89. The number of carbonyl (C=O) groups is 1. The fraction of sp³-hybridized carbons (Fsp3) is 0.696. The van der Waals surface area contributed by atoms with E-state index in [0.717, 1.165) is 44.5 Å². The smallest absolute Gasteiger partial charge is 0.244 e. The summed E-state index contributed by atoms with van der Waals surface area (Å²) in [6.07, 6.45) is 8.44. The zero-order valence-corrected chi connectivity index (χ0v) is 19.5. The number of hydrogen-bond donors (Lipinski definition) is 2. The molecule has 1 aliphatic carbocycles. The highest BCUT2D eigenvalue weighted by Crippen LogP contribution is 2.25. The molecule has 1 aromatic rings. The van der Waals surface area contributed by atoms with E-state index in [0.29, 0.717) is 0 Å². The van der Waals surface area contributed by atoms with Gasteiger partial charge in [-0.1, -0.05) is 45.2 Å². The van der Waals surface area contributed by atoms with Crippen LogP contribution < -0.4 is 10.0 Å². The number of sulfonamides is 1. The maximum atomic E-state index is 14.0. The summed E-state index contributed by atoms with van der Waals surface area (Å²) in [6, 6.07) is 4.28. The predicted molar refractivity (Wildman–Crippen MR) is 120 cm³/mol. The molecule has 0 radical (unpaired) electrons. The van der Waals surface area contributed by atoms with Crippen molar-refractivity contribution < 1.29 is 17.6 Å². The maximum Gasteiger partial charge on any atom is 0.244 e. The van der Waals surface area contributed by atoms with Crippen LogP contribution in [0.5, 0.6) is 0 Å². The van der Waals surface area contributed by atoms with Gasteiger partial charge in [0.1, 0.15) is 16.8 Å². The summed E-state index contributed by atoms with van der Waals surface area (Å²) in [6.45, 7) is 6.61. The third-order valence-corrected chi connectivity index (χ3v) is 8.01. The molecule has 3 rings (SSSR count). The van der Waals surface area contributed by atoms with Gasteiger partial charge >= 0.3 is 0 Å². The Bertz CT molecular complexity index is 832. The summed E-state index contributed by atoms with van der Waals surface area (Å²) in [5, 5.41) is 3.03. The molecule has 1 amide bonds. The Morgan fingerprint density at radius 1 is 1.10 bits per heavy atom. The van der Waals surface area contributed by atoms with Crippen molar-refractivity contribution in [2.75, 3.05) is 19.6 Å². The fourth-order valence-electron chi connectivity index (χ4n) is 4.67. The molecular weight excluding hydrogens is 417 g/mol.